The predicted octanol–water partition coefficient (Wildman–Crippen LogP) is 3.15. The first kappa shape index (κ1) is 19.8. The topological polar surface area (TPSA) is 88.3 Å². The third kappa shape index (κ3) is 4.49. The fourth-order valence-electron chi connectivity index (χ4n) is 3.32. The van der Waals surface area contributed by atoms with Gasteiger partial charge in [0.25, 0.3) is 5.91 Å². The lowest BCUT2D eigenvalue weighted by Gasteiger charge is -2.35. The van der Waals surface area contributed by atoms with Crippen LogP contribution in [0.25, 0.3) is 5.69 Å². The van der Waals surface area contributed by atoms with Gasteiger partial charge in [-0.1, -0.05) is 11.3 Å². The molecule has 1 atom stereocenters. The molecule has 0 saturated carbocycles. The van der Waals surface area contributed by atoms with Crippen molar-refractivity contribution < 1.29 is 27.9 Å². The van der Waals surface area contributed by atoms with Crippen LogP contribution in [0.15, 0.2) is 30.5 Å². The van der Waals surface area contributed by atoms with Gasteiger partial charge in [0, 0.05) is 19.0 Å². The molecule has 0 bridgehead atoms. The van der Waals surface area contributed by atoms with Gasteiger partial charge < -0.3 is 10.0 Å². The molecule has 1 aromatic heterocycles. The summed E-state index contributed by atoms with van der Waals surface area (Å²) >= 11 is 0. The zero-order chi connectivity index (χ0) is 20.3. The minimum Gasteiger partial charge on any atom is -0.481 e. The molecule has 1 N–H and O–H groups in total. The first-order chi connectivity index (χ1) is 13.3. The van der Waals surface area contributed by atoms with Crippen molar-refractivity contribution in [2.45, 2.75) is 44.3 Å². The highest BCUT2D eigenvalue weighted by Gasteiger charge is 2.31. The summed E-state index contributed by atoms with van der Waals surface area (Å²) < 4.78 is 39.8. The van der Waals surface area contributed by atoms with Crippen molar-refractivity contribution in [3.05, 3.63) is 41.7 Å². The van der Waals surface area contributed by atoms with Gasteiger partial charge >= 0.3 is 12.1 Å². The normalized spacial score (nSPS) is 17.5. The maximum atomic E-state index is 12.9. The Morgan fingerprint density at radius 2 is 2.04 bits per heavy atom. The van der Waals surface area contributed by atoms with Gasteiger partial charge in [0.15, 0.2) is 5.69 Å². The lowest BCUT2D eigenvalue weighted by Crippen LogP contribution is -2.44. The maximum absolute atomic E-state index is 12.9. The summed E-state index contributed by atoms with van der Waals surface area (Å²) in [6.07, 6.45) is -0.460. The molecule has 1 fully saturated rings. The summed E-state index contributed by atoms with van der Waals surface area (Å²) in [6.45, 7) is 0.486. The number of likely N-dealkylation sites (tertiary alicyclic amines) is 1. The average Bonchev–Trinajstić information content (AvgIpc) is 3.16. The molecule has 1 aliphatic heterocycles. The number of alkyl halides is 3. The van der Waals surface area contributed by atoms with Crippen molar-refractivity contribution >= 4 is 11.9 Å². The number of hydrogen-bond acceptors (Lipinski definition) is 4. The van der Waals surface area contributed by atoms with Crippen LogP contribution >= 0.6 is 0 Å². The molecule has 28 heavy (non-hydrogen) atoms. The van der Waals surface area contributed by atoms with E-state index in [2.05, 4.69) is 10.3 Å². The Hall–Kier alpha value is -2.91. The molecule has 7 nitrogen and oxygen atoms in total. The van der Waals surface area contributed by atoms with Crippen molar-refractivity contribution in [3.63, 3.8) is 0 Å². The summed E-state index contributed by atoms with van der Waals surface area (Å²) in [6, 6.07) is 4.38. The van der Waals surface area contributed by atoms with Gasteiger partial charge in [0.1, 0.15) is 0 Å². The maximum Gasteiger partial charge on any atom is 0.416 e. The Bertz CT molecular complexity index is 866. The SMILES string of the molecule is O=C(O)CC[C@@H]1CCCCN1C(=O)c1cn(-c2cccc(C(F)(F)F)c2)nn1. The van der Waals surface area contributed by atoms with E-state index in [9.17, 15) is 22.8 Å². The van der Waals surface area contributed by atoms with E-state index in [-0.39, 0.29) is 23.8 Å². The molecule has 1 aliphatic rings. The van der Waals surface area contributed by atoms with Gasteiger partial charge in [-0.2, -0.15) is 13.2 Å². The molecule has 150 valence electrons. The highest BCUT2D eigenvalue weighted by Crippen LogP contribution is 2.30. The number of carbonyl (C=O) groups excluding carboxylic acids is 1. The number of halogens is 3. The fourth-order valence-corrected chi connectivity index (χ4v) is 3.32. The van der Waals surface area contributed by atoms with Crippen molar-refractivity contribution in [2.75, 3.05) is 6.54 Å². The van der Waals surface area contributed by atoms with E-state index in [0.29, 0.717) is 19.4 Å². The van der Waals surface area contributed by atoms with E-state index in [1.807, 2.05) is 0 Å². The van der Waals surface area contributed by atoms with Gasteiger partial charge in [0.2, 0.25) is 0 Å². The second kappa shape index (κ2) is 7.99. The lowest BCUT2D eigenvalue weighted by molar-refractivity contribution is -0.138. The Morgan fingerprint density at radius 3 is 2.75 bits per heavy atom. The summed E-state index contributed by atoms with van der Waals surface area (Å²) in [7, 11) is 0. The lowest BCUT2D eigenvalue weighted by atomic mass is 9.97. The van der Waals surface area contributed by atoms with Crippen LogP contribution in [-0.2, 0) is 11.0 Å². The van der Waals surface area contributed by atoms with Gasteiger partial charge in [-0.05, 0) is 43.9 Å². The van der Waals surface area contributed by atoms with E-state index in [4.69, 9.17) is 5.11 Å². The van der Waals surface area contributed by atoms with Crippen LogP contribution in [0.2, 0.25) is 0 Å². The van der Waals surface area contributed by atoms with Crippen LogP contribution in [0.1, 0.15) is 48.2 Å². The molecule has 1 amide bonds. The molecule has 10 heteroatoms. The van der Waals surface area contributed by atoms with Gasteiger partial charge in [-0.15, -0.1) is 5.10 Å². The summed E-state index contributed by atoms with van der Waals surface area (Å²) in [5.41, 5.74) is -0.666. The number of aliphatic carboxylic acids is 1. The van der Waals surface area contributed by atoms with Crippen LogP contribution in [0.5, 0.6) is 0 Å². The van der Waals surface area contributed by atoms with E-state index in [0.717, 1.165) is 29.7 Å². The number of benzene rings is 1. The summed E-state index contributed by atoms with van der Waals surface area (Å²) in [5.74, 6) is -1.32. The van der Waals surface area contributed by atoms with Crippen LogP contribution in [-0.4, -0.2) is 49.5 Å². The number of nitrogens with zero attached hydrogens (tertiary/aromatic N) is 4. The largest absolute Gasteiger partial charge is 0.481 e. The van der Waals surface area contributed by atoms with Gasteiger partial charge in [-0.25, -0.2) is 4.68 Å². The Kier molecular flexibility index (Phi) is 5.66. The molecule has 0 aliphatic carbocycles. The second-order valence-corrected chi connectivity index (χ2v) is 6.68. The number of carbonyl (C=O) groups is 2. The van der Waals surface area contributed by atoms with Crippen LogP contribution < -0.4 is 0 Å². The molecular formula is C18H19F3N4O3. The molecule has 0 spiro atoms. The van der Waals surface area contributed by atoms with Crippen LogP contribution in [0, 0.1) is 0 Å². The minimum absolute atomic E-state index is 0.0136. The molecule has 1 saturated heterocycles. The number of hydrogen-bond donors (Lipinski definition) is 1. The van der Waals surface area contributed by atoms with Gasteiger partial charge in [0.05, 0.1) is 17.4 Å². The zero-order valence-electron chi connectivity index (χ0n) is 14.9. The number of aromatic nitrogens is 3. The first-order valence-corrected chi connectivity index (χ1v) is 8.88. The smallest absolute Gasteiger partial charge is 0.416 e. The zero-order valence-corrected chi connectivity index (χ0v) is 14.9. The fraction of sp³-hybridized carbons (Fsp3) is 0.444. The highest BCUT2D eigenvalue weighted by molar-refractivity contribution is 5.92. The van der Waals surface area contributed by atoms with E-state index in [1.165, 1.54) is 18.3 Å². The van der Waals surface area contributed by atoms with Crippen LogP contribution in [0.4, 0.5) is 13.2 Å². The number of amides is 1. The molecule has 1 aromatic carbocycles. The molecule has 2 aromatic rings. The molecule has 2 heterocycles. The number of rotatable bonds is 5. The number of carboxylic acid groups (broad SMARTS) is 1. The minimum atomic E-state index is -4.49. The van der Waals surface area contributed by atoms with E-state index < -0.39 is 23.6 Å². The molecular weight excluding hydrogens is 377 g/mol. The van der Waals surface area contributed by atoms with Crippen LogP contribution in [0.3, 0.4) is 0 Å². The molecule has 0 radical (unpaired) electrons. The quantitative estimate of drug-likeness (QED) is 0.839. The Balaban J connectivity index is 1.79. The summed E-state index contributed by atoms with van der Waals surface area (Å²) in [5, 5.41) is 16.5. The standard InChI is InChI=1S/C18H19F3N4O3/c19-18(20,21)12-4-3-6-14(10-12)25-11-15(22-23-25)17(28)24-9-2-1-5-13(24)7-8-16(26)27/h3-4,6,10-11,13H,1-2,5,7-9H2,(H,26,27)/t13-/m0/s1. The summed E-state index contributed by atoms with van der Waals surface area (Å²) in [4.78, 5) is 25.2. The third-order valence-electron chi connectivity index (χ3n) is 4.73. The predicted molar refractivity (Wildman–Crippen MR) is 91.9 cm³/mol. The Labute approximate surface area is 158 Å². The van der Waals surface area contributed by atoms with Gasteiger partial charge in [-0.3, -0.25) is 9.59 Å². The third-order valence-corrected chi connectivity index (χ3v) is 4.73. The number of carboxylic acids is 1. The Morgan fingerprint density at radius 1 is 1.25 bits per heavy atom. The monoisotopic (exact) mass is 396 g/mol. The van der Waals surface area contributed by atoms with Crippen molar-refractivity contribution in [1.29, 1.82) is 0 Å². The average molecular weight is 396 g/mol. The van der Waals surface area contributed by atoms with Crippen molar-refractivity contribution in [3.8, 4) is 5.69 Å². The molecule has 0 unspecified atom stereocenters. The van der Waals surface area contributed by atoms with Crippen molar-refractivity contribution in [1.82, 2.24) is 19.9 Å². The highest BCUT2D eigenvalue weighted by atomic mass is 19.4. The van der Waals surface area contributed by atoms with E-state index >= 15 is 0 Å². The molecule has 3 rings (SSSR count). The van der Waals surface area contributed by atoms with Crippen molar-refractivity contribution in [2.24, 2.45) is 0 Å². The second-order valence-electron chi connectivity index (χ2n) is 6.68. The van der Waals surface area contributed by atoms with E-state index in [1.54, 1.807) is 4.90 Å². The number of piperidine rings is 1. The first-order valence-electron chi connectivity index (χ1n) is 8.88.